The van der Waals surface area contributed by atoms with Crippen LogP contribution in [0.3, 0.4) is 0 Å². The number of benzene rings is 1. The first-order chi connectivity index (χ1) is 5.77. The molecule has 1 atom stereocenters. The minimum Gasteiger partial charge on any atom is -0.387 e. The van der Waals surface area contributed by atoms with Crippen LogP contribution in [0.4, 0.5) is 0 Å². The Morgan fingerprint density at radius 1 is 1.33 bits per heavy atom. The van der Waals surface area contributed by atoms with Crippen molar-refractivity contribution < 1.29 is 5.11 Å². The van der Waals surface area contributed by atoms with E-state index in [0.29, 0.717) is 0 Å². The van der Waals surface area contributed by atoms with Crippen LogP contribution in [0.15, 0.2) is 24.3 Å². The van der Waals surface area contributed by atoms with E-state index in [-0.39, 0.29) is 5.88 Å². The van der Waals surface area contributed by atoms with E-state index in [0.717, 1.165) is 12.0 Å². The first kappa shape index (κ1) is 9.56. The van der Waals surface area contributed by atoms with Crippen molar-refractivity contribution in [1.82, 2.24) is 0 Å². The second kappa shape index (κ2) is 4.48. The maximum Gasteiger partial charge on any atom is 0.0925 e. The van der Waals surface area contributed by atoms with Crippen molar-refractivity contribution in [3.8, 4) is 0 Å². The SMILES string of the molecule is CCc1ccc([C@@H](O)CCl)cc1. The number of rotatable bonds is 3. The zero-order chi connectivity index (χ0) is 8.97. The molecule has 1 N–H and O–H groups in total. The summed E-state index contributed by atoms with van der Waals surface area (Å²) in [6.45, 7) is 2.10. The molecule has 1 rings (SSSR count). The molecule has 0 aromatic heterocycles. The Morgan fingerprint density at radius 2 is 1.92 bits per heavy atom. The van der Waals surface area contributed by atoms with Crippen molar-refractivity contribution >= 4 is 11.6 Å². The molecule has 12 heavy (non-hydrogen) atoms. The lowest BCUT2D eigenvalue weighted by molar-refractivity contribution is 0.202. The fourth-order valence-corrected chi connectivity index (χ4v) is 1.24. The summed E-state index contributed by atoms with van der Waals surface area (Å²) >= 11 is 5.51. The number of aryl methyl sites for hydroxylation is 1. The molecule has 2 heteroatoms. The minimum atomic E-state index is -0.530. The molecule has 0 saturated heterocycles. The fraction of sp³-hybridized carbons (Fsp3) is 0.400. The fourth-order valence-electron chi connectivity index (χ4n) is 1.06. The van der Waals surface area contributed by atoms with Gasteiger partial charge in [0.2, 0.25) is 0 Å². The van der Waals surface area contributed by atoms with Gasteiger partial charge in [-0.3, -0.25) is 0 Å². The second-order valence-corrected chi connectivity index (χ2v) is 3.07. The minimum absolute atomic E-state index is 0.255. The summed E-state index contributed by atoms with van der Waals surface area (Å²) in [6.07, 6.45) is 0.495. The molecule has 1 aromatic carbocycles. The van der Waals surface area contributed by atoms with Gasteiger partial charge < -0.3 is 5.11 Å². The van der Waals surface area contributed by atoms with Gasteiger partial charge in [0, 0.05) is 0 Å². The summed E-state index contributed by atoms with van der Waals surface area (Å²) in [4.78, 5) is 0. The Balaban J connectivity index is 2.77. The van der Waals surface area contributed by atoms with E-state index in [2.05, 4.69) is 6.92 Å². The van der Waals surface area contributed by atoms with Crippen LogP contribution in [-0.4, -0.2) is 11.0 Å². The van der Waals surface area contributed by atoms with Gasteiger partial charge in [0.05, 0.1) is 12.0 Å². The zero-order valence-corrected chi connectivity index (χ0v) is 7.88. The predicted molar refractivity (Wildman–Crippen MR) is 51.5 cm³/mol. The average Bonchev–Trinajstić information content (AvgIpc) is 2.17. The van der Waals surface area contributed by atoms with E-state index in [1.807, 2.05) is 24.3 Å². The zero-order valence-electron chi connectivity index (χ0n) is 7.13. The Hall–Kier alpha value is -0.530. The molecule has 0 aliphatic heterocycles. The first-order valence-corrected chi connectivity index (χ1v) is 4.64. The van der Waals surface area contributed by atoms with Gasteiger partial charge in [-0.2, -0.15) is 0 Å². The third-order valence-corrected chi connectivity index (χ3v) is 2.21. The van der Waals surface area contributed by atoms with Gasteiger partial charge >= 0.3 is 0 Å². The average molecular weight is 185 g/mol. The van der Waals surface area contributed by atoms with Gasteiger partial charge in [0.25, 0.3) is 0 Å². The van der Waals surface area contributed by atoms with Gasteiger partial charge in [-0.25, -0.2) is 0 Å². The molecule has 0 spiro atoms. The highest BCUT2D eigenvalue weighted by Gasteiger charge is 2.03. The highest BCUT2D eigenvalue weighted by molar-refractivity contribution is 6.18. The summed E-state index contributed by atoms with van der Waals surface area (Å²) in [7, 11) is 0. The molecule has 0 radical (unpaired) electrons. The van der Waals surface area contributed by atoms with Crippen LogP contribution in [0.25, 0.3) is 0 Å². The van der Waals surface area contributed by atoms with Crippen LogP contribution >= 0.6 is 11.6 Å². The molecule has 0 amide bonds. The van der Waals surface area contributed by atoms with Gasteiger partial charge in [-0.1, -0.05) is 31.2 Å². The van der Waals surface area contributed by atoms with E-state index in [1.165, 1.54) is 5.56 Å². The summed E-state index contributed by atoms with van der Waals surface area (Å²) < 4.78 is 0. The third-order valence-electron chi connectivity index (χ3n) is 1.92. The molecule has 1 nitrogen and oxygen atoms in total. The summed E-state index contributed by atoms with van der Waals surface area (Å²) in [5, 5.41) is 9.36. The standard InChI is InChI=1S/C10H13ClO/c1-2-8-3-5-9(6-4-8)10(12)7-11/h3-6,10,12H,2,7H2,1H3/t10-/m0/s1. The van der Waals surface area contributed by atoms with Gasteiger partial charge in [0.15, 0.2) is 0 Å². The second-order valence-electron chi connectivity index (χ2n) is 2.77. The molecule has 0 heterocycles. The number of aliphatic hydroxyl groups excluding tert-OH is 1. The van der Waals surface area contributed by atoms with Crippen LogP contribution in [0.5, 0.6) is 0 Å². The van der Waals surface area contributed by atoms with Crippen molar-refractivity contribution in [1.29, 1.82) is 0 Å². The van der Waals surface area contributed by atoms with Crippen molar-refractivity contribution in [2.45, 2.75) is 19.4 Å². The Bertz CT molecular complexity index is 230. The van der Waals surface area contributed by atoms with E-state index in [9.17, 15) is 5.11 Å². The molecule has 0 fully saturated rings. The lowest BCUT2D eigenvalue weighted by Gasteiger charge is -2.06. The Kier molecular flexibility index (Phi) is 3.57. The summed E-state index contributed by atoms with van der Waals surface area (Å²) in [5.41, 5.74) is 2.17. The van der Waals surface area contributed by atoms with Crippen LogP contribution in [0.2, 0.25) is 0 Å². The lowest BCUT2D eigenvalue weighted by atomic mass is 10.1. The highest BCUT2D eigenvalue weighted by atomic mass is 35.5. The van der Waals surface area contributed by atoms with Crippen molar-refractivity contribution in [2.24, 2.45) is 0 Å². The van der Waals surface area contributed by atoms with Crippen LogP contribution < -0.4 is 0 Å². The molecular weight excluding hydrogens is 172 g/mol. The van der Waals surface area contributed by atoms with E-state index in [4.69, 9.17) is 11.6 Å². The van der Waals surface area contributed by atoms with Crippen LogP contribution in [0.1, 0.15) is 24.2 Å². The largest absolute Gasteiger partial charge is 0.387 e. The van der Waals surface area contributed by atoms with Gasteiger partial charge in [0.1, 0.15) is 0 Å². The number of alkyl halides is 1. The quantitative estimate of drug-likeness (QED) is 0.716. The maximum absolute atomic E-state index is 9.36. The molecular formula is C10H13ClO. The maximum atomic E-state index is 9.36. The normalized spacial score (nSPS) is 12.9. The summed E-state index contributed by atoms with van der Waals surface area (Å²) in [6, 6.07) is 7.88. The smallest absolute Gasteiger partial charge is 0.0925 e. The summed E-state index contributed by atoms with van der Waals surface area (Å²) in [5.74, 6) is 0.255. The van der Waals surface area contributed by atoms with E-state index >= 15 is 0 Å². The number of hydrogen-bond acceptors (Lipinski definition) is 1. The van der Waals surface area contributed by atoms with Crippen LogP contribution in [0, 0.1) is 0 Å². The first-order valence-electron chi connectivity index (χ1n) is 4.10. The Labute approximate surface area is 78.0 Å². The molecule has 66 valence electrons. The van der Waals surface area contributed by atoms with Gasteiger partial charge in [-0.05, 0) is 17.5 Å². The van der Waals surface area contributed by atoms with E-state index < -0.39 is 6.10 Å². The Morgan fingerprint density at radius 3 is 2.33 bits per heavy atom. The van der Waals surface area contributed by atoms with Crippen molar-refractivity contribution in [3.05, 3.63) is 35.4 Å². The van der Waals surface area contributed by atoms with Crippen molar-refractivity contribution in [3.63, 3.8) is 0 Å². The monoisotopic (exact) mass is 184 g/mol. The van der Waals surface area contributed by atoms with E-state index in [1.54, 1.807) is 0 Å². The number of hydrogen-bond donors (Lipinski definition) is 1. The molecule has 0 unspecified atom stereocenters. The topological polar surface area (TPSA) is 20.2 Å². The van der Waals surface area contributed by atoms with Crippen LogP contribution in [-0.2, 0) is 6.42 Å². The van der Waals surface area contributed by atoms with Crippen molar-refractivity contribution in [2.75, 3.05) is 5.88 Å². The third kappa shape index (κ3) is 2.23. The molecule has 0 aliphatic carbocycles. The molecule has 1 aromatic rings. The highest BCUT2D eigenvalue weighted by Crippen LogP contribution is 2.14. The van der Waals surface area contributed by atoms with Gasteiger partial charge in [-0.15, -0.1) is 11.6 Å². The molecule has 0 saturated carbocycles. The number of halogens is 1. The lowest BCUT2D eigenvalue weighted by Crippen LogP contribution is -1.98. The molecule has 0 aliphatic rings. The molecule has 0 bridgehead atoms. The number of aliphatic hydroxyl groups is 1. The predicted octanol–water partition coefficient (Wildman–Crippen LogP) is 2.52.